The number of Topliss-reactive ketones (excluding diaryl/α,β-unsaturated/α-hetero) is 1. The molecule has 11 nitrogen and oxygen atoms in total. The van der Waals surface area contributed by atoms with Crippen molar-refractivity contribution < 1.29 is 42.9 Å². The number of esters is 1. The lowest BCUT2D eigenvalue weighted by atomic mass is 10.1. The van der Waals surface area contributed by atoms with Gasteiger partial charge in [-0.1, -0.05) is 0 Å². The Balaban J connectivity index is 1.75. The van der Waals surface area contributed by atoms with Crippen LogP contribution in [0.4, 0.5) is 11.4 Å². The number of carbonyl (C=O) groups is 4. The first-order valence-corrected chi connectivity index (χ1v) is 9.68. The molecule has 2 aromatic carbocycles. The first-order chi connectivity index (χ1) is 15.7. The smallest absolute Gasteiger partial charge is 0.340 e. The number of ether oxygens (including phenoxy) is 5. The first kappa shape index (κ1) is 23.4. The molecule has 2 amide bonds. The fraction of sp³-hybridized carbons (Fsp3) is 0.273. The van der Waals surface area contributed by atoms with E-state index in [0.717, 1.165) is 0 Å². The third kappa shape index (κ3) is 5.32. The normalized spacial score (nSPS) is 11.4. The predicted molar refractivity (Wildman–Crippen MR) is 115 cm³/mol. The Kier molecular flexibility index (Phi) is 7.01. The SMILES string of the molecule is COc1cc(NC(C)=O)c(C(=O)OCC(=O)Nc2cc3c(cc2C(C)=O)OCO3)cc1OC. The number of anilines is 2. The van der Waals surface area contributed by atoms with Crippen LogP contribution >= 0.6 is 0 Å². The molecule has 0 aromatic heterocycles. The van der Waals surface area contributed by atoms with E-state index in [1.807, 2.05) is 0 Å². The molecular weight excluding hydrogens is 436 g/mol. The average molecular weight is 458 g/mol. The summed E-state index contributed by atoms with van der Waals surface area (Å²) in [4.78, 5) is 48.6. The van der Waals surface area contributed by atoms with Crippen LogP contribution in [0.3, 0.4) is 0 Å². The molecule has 0 aliphatic carbocycles. The second kappa shape index (κ2) is 9.90. The Morgan fingerprint density at radius 1 is 0.848 bits per heavy atom. The summed E-state index contributed by atoms with van der Waals surface area (Å²) in [5.74, 6) is -1.01. The second-order valence-corrected chi connectivity index (χ2v) is 6.87. The van der Waals surface area contributed by atoms with Gasteiger partial charge in [-0.25, -0.2) is 4.79 Å². The first-order valence-electron chi connectivity index (χ1n) is 9.68. The zero-order chi connectivity index (χ0) is 24.1. The van der Waals surface area contributed by atoms with Crippen molar-refractivity contribution >= 4 is 34.9 Å². The van der Waals surface area contributed by atoms with Crippen molar-refractivity contribution in [3.63, 3.8) is 0 Å². The molecule has 2 aromatic rings. The molecule has 0 saturated heterocycles. The Hall–Kier alpha value is -4.28. The van der Waals surface area contributed by atoms with Crippen LogP contribution in [0, 0.1) is 0 Å². The highest BCUT2D eigenvalue weighted by Gasteiger charge is 2.22. The zero-order valence-electron chi connectivity index (χ0n) is 18.4. The molecular formula is C22H22N2O9. The highest BCUT2D eigenvalue weighted by atomic mass is 16.7. The van der Waals surface area contributed by atoms with E-state index < -0.39 is 24.4 Å². The van der Waals surface area contributed by atoms with Gasteiger partial charge in [-0.15, -0.1) is 0 Å². The van der Waals surface area contributed by atoms with E-state index in [9.17, 15) is 19.2 Å². The van der Waals surface area contributed by atoms with Crippen molar-refractivity contribution in [2.45, 2.75) is 13.8 Å². The minimum atomic E-state index is -0.882. The molecule has 1 aliphatic rings. The summed E-state index contributed by atoms with van der Waals surface area (Å²) >= 11 is 0. The van der Waals surface area contributed by atoms with Crippen LogP contribution < -0.4 is 29.6 Å². The standard InChI is InChI=1S/C22H22N2O9/c1-11(25)13-5-19-20(33-10-32-19)8-15(13)24-21(27)9-31-22(28)14-6-17(29-3)18(30-4)7-16(14)23-12(2)26/h5-8H,9-10H2,1-4H3,(H,23,26)(H,24,27). The Bertz CT molecular complexity index is 1130. The third-order valence-corrected chi connectivity index (χ3v) is 4.55. The molecule has 1 heterocycles. The molecule has 0 saturated carbocycles. The van der Waals surface area contributed by atoms with E-state index in [0.29, 0.717) is 11.5 Å². The summed E-state index contributed by atoms with van der Waals surface area (Å²) in [6, 6.07) is 5.66. The minimum Gasteiger partial charge on any atom is -0.493 e. The number of hydrogen-bond acceptors (Lipinski definition) is 9. The monoisotopic (exact) mass is 458 g/mol. The molecule has 0 fully saturated rings. The van der Waals surface area contributed by atoms with E-state index in [-0.39, 0.29) is 46.6 Å². The van der Waals surface area contributed by atoms with Crippen LogP contribution in [0.5, 0.6) is 23.0 Å². The summed E-state index contributed by atoms with van der Waals surface area (Å²) < 4.78 is 26.0. The molecule has 174 valence electrons. The number of rotatable bonds is 8. The van der Waals surface area contributed by atoms with Crippen molar-refractivity contribution in [3.05, 3.63) is 35.4 Å². The van der Waals surface area contributed by atoms with Crippen LogP contribution in [-0.2, 0) is 14.3 Å². The molecule has 3 rings (SSSR count). The predicted octanol–water partition coefficient (Wildman–Crippen LogP) is 2.39. The van der Waals surface area contributed by atoms with Crippen molar-refractivity contribution in [1.29, 1.82) is 0 Å². The van der Waals surface area contributed by atoms with Gasteiger partial charge >= 0.3 is 5.97 Å². The molecule has 0 unspecified atom stereocenters. The Labute approximate surface area is 188 Å². The van der Waals surface area contributed by atoms with E-state index in [1.165, 1.54) is 52.3 Å². The molecule has 1 aliphatic heterocycles. The number of carbonyl (C=O) groups excluding carboxylic acids is 4. The van der Waals surface area contributed by atoms with Gasteiger partial charge in [-0.3, -0.25) is 14.4 Å². The average Bonchev–Trinajstić information content (AvgIpc) is 3.23. The van der Waals surface area contributed by atoms with Crippen LogP contribution in [0.2, 0.25) is 0 Å². The van der Waals surface area contributed by atoms with Crippen molar-refractivity contribution in [3.8, 4) is 23.0 Å². The highest BCUT2D eigenvalue weighted by molar-refractivity contribution is 6.06. The van der Waals surface area contributed by atoms with E-state index in [1.54, 1.807) is 0 Å². The summed E-state index contributed by atoms with van der Waals surface area (Å²) in [6.07, 6.45) is 0. The van der Waals surface area contributed by atoms with Crippen molar-refractivity contribution in [1.82, 2.24) is 0 Å². The summed E-state index contributed by atoms with van der Waals surface area (Å²) in [6.45, 7) is 1.97. The lowest BCUT2D eigenvalue weighted by Crippen LogP contribution is -2.22. The van der Waals surface area contributed by atoms with Crippen LogP contribution in [0.1, 0.15) is 34.6 Å². The van der Waals surface area contributed by atoms with Crippen LogP contribution in [0.25, 0.3) is 0 Å². The number of ketones is 1. The van der Waals surface area contributed by atoms with Gasteiger partial charge in [0.2, 0.25) is 12.7 Å². The molecule has 0 bridgehead atoms. The topological polar surface area (TPSA) is 138 Å². The van der Waals surface area contributed by atoms with Gasteiger partial charge in [-0.05, 0) is 13.0 Å². The number of nitrogens with one attached hydrogen (secondary N) is 2. The number of methoxy groups -OCH3 is 2. The van der Waals surface area contributed by atoms with Gasteiger partial charge in [0.15, 0.2) is 35.4 Å². The Morgan fingerprint density at radius 3 is 2.06 bits per heavy atom. The molecule has 0 atom stereocenters. The number of benzene rings is 2. The number of fused-ring (bicyclic) bond motifs is 1. The lowest BCUT2D eigenvalue weighted by Gasteiger charge is -2.15. The highest BCUT2D eigenvalue weighted by Crippen LogP contribution is 2.37. The van der Waals surface area contributed by atoms with Crippen LogP contribution in [-0.4, -0.2) is 51.2 Å². The second-order valence-electron chi connectivity index (χ2n) is 6.87. The fourth-order valence-corrected chi connectivity index (χ4v) is 3.07. The number of amides is 2. The van der Waals surface area contributed by atoms with Crippen molar-refractivity contribution in [2.24, 2.45) is 0 Å². The molecule has 33 heavy (non-hydrogen) atoms. The van der Waals surface area contributed by atoms with E-state index in [2.05, 4.69) is 10.6 Å². The third-order valence-electron chi connectivity index (χ3n) is 4.55. The van der Waals surface area contributed by atoms with E-state index >= 15 is 0 Å². The summed E-state index contributed by atoms with van der Waals surface area (Å²) in [5.41, 5.74) is 0.493. The maximum atomic E-state index is 12.7. The summed E-state index contributed by atoms with van der Waals surface area (Å²) in [7, 11) is 2.79. The molecule has 0 radical (unpaired) electrons. The number of hydrogen-bond donors (Lipinski definition) is 2. The van der Waals surface area contributed by atoms with E-state index in [4.69, 9.17) is 23.7 Å². The maximum Gasteiger partial charge on any atom is 0.340 e. The summed E-state index contributed by atoms with van der Waals surface area (Å²) in [5, 5.41) is 5.04. The van der Waals surface area contributed by atoms with Gasteiger partial charge in [0.05, 0.1) is 31.2 Å². The van der Waals surface area contributed by atoms with Gasteiger partial charge in [-0.2, -0.15) is 0 Å². The molecule has 0 spiro atoms. The minimum absolute atomic E-state index is 0.00362. The zero-order valence-corrected chi connectivity index (χ0v) is 18.4. The Morgan fingerprint density at radius 2 is 1.45 bits per heavy atom. The van der Waals surface area contributed by atoms with Gasteiger partial charge in [0.25, 0.3) is 5.91 Å². The molecule has 2 N–H and O–H groups in total. The van der Waals surface area contributed by atoms with Gasteiger partial charge in [0, 0.05) is 30.7 Å². The fourth-order valence-electron chi connectivity index (χ4n) is 3.07. The maximum absolute atomic E-state index is 12.7. The molecule has 11 heteroatoms. The van der Waals surface area contributed by atoms with Gasteiger partial charge in [0.1, 0.15) is 0 Å². The van der Waals surface area contributed by atoms with Crippen molar-refractivity contribution in [2.75, 3.05) is 38.3 Å². The largest absolute Gasteiger partial charge is 0.493 e. The quantitative estimate of drug-likeness (QED) is 0.451. The lowest BCUT2D eigenvalue weighted by molar-refractivity contribution is -0.119. The van der Waals surface area contributed by atoms with Gasteiger partial charge < -0.3 is 34.3 Å². The van der Waals surface area contributed by atoms with Crippen LogP contribution in [0.15, 0.2) is 24.3 Å².